The van der Waals surface area contributed by atoms with E-state index in [0.29, 0.717) is 29.8 Å². The first-order valence-corrected chi connectivity index (χ1v) is 14.5. The van der Waals surface area contributed by atoms with Crippen molar-refractivity contribution in [2.24, 2.45) is 0 Å². The van der Waals surface area contributed by atoms with Crippen molar-refractivity contribution < 1.29 is 19.1 Å². The third kappa shape index (κ3) is 5.68. The fourth-order valence-electron chi connectivity index (χ4n) is 6.33. The highest BCUT2D eigenvalue weighted by Crippen LogP contribution is 2.36. The first-order valence-electron chi connectivity index (χ1n) is 14.5. The molecular formula is C32H36N4O4. The lowest BCUT2D eigenvalue weighted by atomic mass is 9.90. The number of nitrogens with one attached hydrogen (secondary N) is 2. The Balaban J connectivity index is 1.09. The number of hydrogen-bond donors (Lipinski definition) is 3. The minimum atomic E-state index is -0.909. The minimum absolute atomic E-state index is 0.0547. The summed E-state index contributed by atoms with van der Waals surface area (Å²) in [6.45, 7) is 0.636. The fourth-order valence-corrected chi connectivity index (χ4v) is 6.33. The van der Waals surface area contributed by atoms with Gasteiger partial charge in [-0.1, -0.05) is 31.4 Å². The Morgan fingerprint density at radius 2 is 1.73 bits per heavy atom. The van der Waals surface area contributed by atoms with Crippen LogP contribution in [0, 0.1) is 0 Å². The van der Waals surface area contributed by atoms with Crippen molar-refractivity contribution in [1.29, 1.82) is 0 Å². The standard InChI is InChI=1S/C32H36N4O4/c37-31(34-26-12-10-25(11-13-26)33-19-21-5-4-6-23(17-21)32(38)39)22-9-14-29-28(18-22)35-30(24-15-16-40-20-24)36(29)27-7-2-1-3-8-27/h4-6,9,14-18,20,25-27,33H,1-3,7-8,10-13,19H2,(H,34,37)(H,38,39). The lowest BCUT2D eigenvalue weighted by Crippen LogP contribution is -2.42. The summed E-state index contributed by atoms with van der Waals surface area (Å²) in [6.07, 6.45) is 13.2. The highest BCUT2D eigenvalue weighted by molar-refractivity contribution is 5.98. The number of aromatic carboxylic acids is 1. The summed E-state index contributed by atoms with van der Waals surface area (Å²) >= 11 is 0. The van der Waals surface area contributed by atoms with Crippen LogP contribution in [-0.4, -0.2) is 38.6 Å². The zero-order valence-corrected chi connectivity index (χ0v) is 22.6. The van der Waals surface area contributed by atoms with Gasteiger partial charge in [0.2, 0.25) is 0 Å². The number of carboxylic acids is 1. The van der Waals surface area contributed by atoms with Gasteiger partial charge in [-0.15, -0.1) is 0 Å². The summed E-state index contributed by atoms with van der Waals surface area (Å²) in [6, 6.07) is 15.8. The van der Waals surface area contributed by atoms with Crippen LogP contribution in [0.15, 0.2) is 65.5 Å². The van der Waals surface area contributed by atoms with Crippen LogP contribution in [0.1, 0.15) is 90.1 Å². The van der Waals surface area contributed by atoms with Gasteiger partial charge in [0, 0.05) is 30.2 Å². The van der Waals surface area contributed by atoms with E-state index in [1.165, 1.54) is 19.3 Å². The molecule has 0 saturated heterocycles. The van der Waals surface area contributed by atoms with Crippen molar-refractivity contribution in [1.82, 2.24) is 20.2 Å². The number of aromatic nitrogens is 2. The second-order valence-electron chi connectivity index (χ2n) is 11.2. The Kier molecular flexibility index (Phi) is 7.68. The van der Waals surface area contributed by atoms with Crippen LogP contribution in [0.25, 0.3) is 22.4 Å². The SMILES string of the molecule is O=C(O)c1cccc(CNC2CCC(NC(=O)c3ccc4c(c3)nc(-c3ccoc3)n4C3CCCCC3)CC2)c1. The summed E-state index contributed by atoms with van der Waals surface area (Å²) in [4.78, 5) is 29.4. The molecular weight excluding hydrogens is 504 g/mol. The van der Waals surface area contributed by atoms with Crippen molar-refractivity contribution in [3.8, 4) is 11.4 Å². The first kappa shape index (κ1) is 26.3. The van der Waals surface area contributed by atoms with Crippen LogP contribution in [0.4, 0.5) is 0 Å². The molecule has 3 N–H and O–H groups in total. The van der Waals surface area contributed by atoms with Gasteiger partial charge in [-0.05, 0) is 80.5 Å². The topological polar surface area (TPSA) is 109 Å². The average molecular weight is 541 g/mol. The van der Waals surface area contributed by atoms with Crippen LogP contribution < -0.4 is 10.6 Å². The smallest absolute Gasteiger partial charge is 0.335 e. The van der Waals surface area contributed by atoms with Crippen molar-refractivity contribution >= 4 is 22.9 Å². The van der Waals surface area contributed by atoms with Gasteiger partial charge in [0.1, 0.15) is 12.1 Å². The maximum atomic E-state index is 13.2. The van der Waals surface area contributed by atoms with Crippen LogP contribution >= 0.6 is 0 Å². The van der Waals surface area contributed by atoms with Gasteiger partial charge >= 0.3 is 5.97 Å². The summed E-state index contributed by atoms with van der Waals surface area (Å²) < 4.78 is 7.72. The molecule has 40 heavy (non-hydrogen) atoms. The summed E-state index contributed by atoms with van der Waals surface area (Å²) in [5.74, 6) is -0.0530. The Labute approximate surface area is 233 Å². The lowest BCUT2D eigenvalue weighted by molar-refractivity contribution is 0.0696. The molecule has 1 amide bonds. The van der Waals surface area contributed by atoms with E-state index < -0.39 is 5.97 Å². The lowest BCUT2D eigenvalue weighted by Gasteiger charge is -2.30. The van der Waals surface area contributed by atoms with Gasteiger partial charge in [-0.25, -0.2) is 9.78 Å². The van der Waals surface area contributed by atoms with Gasteiger partial charge < -0.3 is 24.7 Å². The van der Waals surface area contributed by atoms with Gasteiger partial charge in [0.15, 0.2) is 0 Å². The summed E-state index contributed by atoms with van der Waals surface area (Å²) in [7, 11) is 0. The maximum absolute atomic E-state index is 13.2. The Morgan fingerprint density at radius 1 is 0.925 bits per heavy atom. The zero-order valence-electron chi connectivity index (χ0n) is 22.6. The number of carbonyl (C=O) groups excluding carboxylic acids is 1. The third-order valence-corrected chi connectivity index (χ3v) is 8.50. The predicted octanol–water partition coefficient (Wildman–Crippen LogP) is 6.33. The van der Waals surface area contributed by atoms with Crippen molar-refractivity contribution in [2.75, 3.05) is 0 Å². The number of imidazole rings is 1. The monoisotopic (exact) mass is 540 g/mol. The quantitative estimate of drug-likeness (QED) is 0.241. The van der Waals surface area contributed by atoms with Gasteiger partial charge in [0.25, 0.3) is 5.91 Å². The average Bonchev–Trinajstić information content (AvgIpc) is 3.65. The molecule has 208 valence electrons. The molecule has 0 aliphatic heterocycles. The molecule has 2 aromatic heterocycles. The molecule has 6 rings (SSSR count). The molecule has 8 heteroatoms. The number of nitrogens with zero attached hydrogens (tertiary/aromatic N) is 2. The molecule has 2 heterocycles. The van der Waals surface area contributed by atoms with E-state index >= 15 is 0 Å². The van der Waals surface area contributed by atoms with Crippen LogP contribution in [0.5, 0.6) is 0 Å². The molecule has 2 fully saturated rings. The molecule has 0 radical (unpaired) electrons. The molecule has 2 aliphatic rings. The molecule has 2 aliphatic carbocycles. The zero-order chi connectivity index (χ0) is 27.5. The largest absolute Gasteiger partial charge is 0.478 e. The second-order valence-corrected chi connectivity index (χ2v) is 11.2. The van der Waals surface area contributed by atoms with E-state index in [9.17, 15) is 14.7 Å². The van der Waals surface area contributed by atoms with Gasteiger partial charge in [-0.3, -0.25) is 4.79 Å². The fraction of sp³-hybridized carbons (Fsp3) is 0.406. The number of carboxylic acid groups (broad SMARTS) is 1. The number of furan rings is 1. The molecule has 4 aromatic rings. The number of amides is 1. The summed E-state index contributed by atoms with van der Waals surface area (Å²) in [5, 5.41) is 16.0. The molecule has 8 nitrogen and oxygen atoms in total. The number of benzene rings is 2. The molecule has 0 spiro atoms. The number of carbonyl (C=O) groups is 2. The predicted molar refractivity (Wildman–Crippen MR) is 153 cm³/mol. The van der Waals surface area contributed by atoms with Crippen LogP contribution in [0.2, 0.25) is 0 Å². The molecule has 0 unspecified atom stereocenters. The normalized spacial score (nSPS) is 20.0. The van der Waals surface area contributed by atoms with E-state index in [0.717, 1.165) is 66.5 Å². The highest BCUT2D eigenvalue weighted by Gasteiger charge is 2.25. The molecule has 2 saturated carbocycles. The number of fused-ring (bicyclic) bond motifs is 1. The van der Waals surface area contributed by atoms with E-state index in [-0.39, 0.29) is 11.9 Å². The van der Waals surface area contributed by atoms with E-state index in [1.807, 2.05) is 24.3 Å². The van der Waals surface area contributed by atoms with Crippen molar-refractivity contribution in [3.05, 3.63) is 77.7 Å². The summed E-state index contributed by atoms with van der Waals surface area (Å²) in [5.41, 5.74) is 4.79. The minimum Gasteiger partial charge on any atom is -0.478 e. The Morgan fingerprint density at radius 3 is 2.48 bits per heavy atom. The first-order chi connectivity index (χ1) is 19.5. The van der Waals surface area contributed by atoms with Crippen LogP contribution in [0.3, 0.4) is 0 Å². The van der Waals surface area contributed by atoms with E-state index in [4.69, 9.17) is 9.40 Å². The molecule has 2 aromatic carbocycles. The second kappa shape index (κ2) is 11.7. The van der Waals surface area contributed by atoms with Gasteiger partial charge in [-0.2, -0.15) is 0 Å². The third-order valence-electron chi connectivity index (χ3n) is 8.50. The Hall–Kier alpha value is -3.91. The van der Waals surface area contributed by atoms with Crippen LogP contribution in [-0.2, 0) is 6.54 Å². The number of rotatable bonds is 8. The van der Waals surface area contributed by atoms with Gasteiger partial charge in [0.05, 0.1) is 28.4 Å². The highest BCUT2D eigenvalue weighted by atomic mass is 16.4. The van der Waals surface area contributed by atoms with Crippen molar-refractivity contribution in [2.45, 2.75) is 82.5 Å². The Bertz CT molecular complexity index is 1480. The molecule has 0 bridgehead atoms. The maximum Gasteiger partial charge on any atom is 0.335 e. The van der Waals surface area contributed by atoms with E-state index in [2.05, 4.69) is 21.3 Å². The number of hydrogen-bond acceptors (Lipinski definition) is 5. The van der Waals surface area contributed by atoms with E-state index in [1.54, 1.807) is 30.7 Å². The molecule has 0 atom stereocenters. The van der Waals surface area contributed by atoms with Crippen molar-refractivity contribution in [3.63, 3.8) is 0 Å².